The molecule has 18 heavy (non-hydrogen) atoms. The van der Waals surface area contributed by atoms with Gasteiger partial charge in [0.1, 0.15) is 0 Å². The Morgan fingerprint density at radius 3 is 2.50 bits per heavy atom. The van der Waals surface area contributed by atoms with Crippen molar-refractivity contribution in [3.63, 3.8) is 0 Å². The molecule has 1 amide bonds. The number of amides is 1. The molecule has 0 aliphatic heterocycles. The molecule has 2 rings (SSSR count). The van der Waals surface area contributed by atoms with Crippen LogP contribution in [-0.4, -0.2) is 5.91 Å². The fourth-order valence-corrected chi connectivity index (χ4v) is 2.46. The Kier molecular flexibility index (Phi) is 3.66. The van der Waals surface area contributed by atoms with Crippen molar-refractivity contribution in [2.45, 2.75) is 39.0 Å². The molecular formula is C15H18N2O. The monoisotopic (exact) mass is 242 g/mol. The molecule has 3 heteroatoms. The summed E-state index contributed by atoms with van der Waals surface area (Å²) in [6, 6.07) is 9.61. The number of rotatable bonds is 3. The number of nitrogens with zero attached hydrogens (tertiary/aromatic N) is 1. The van der Waals surface area contributed by atoms with Crippen LogP contribution < -0.4 is 5.32 Å². The summed E-state index contributed by atoms with van der Waals surface area (Å²) in [5, 5.41) is 11.6. The zero-order chi connectivity index (χ0) is 13.0. The highest BCUT2D eigenvalue weighted by atomic mass is 16.2. The Balaban J connectivity index is 2.01. The van der Waals surface area contributed by atoms with Gasteiger partial charge in [-0.05, 0) is 30.5 Å². The minimum absolute atomic E-state index is 0.119. The van der Waals surface area contributed by atoms with Gasteiger partial charge < -0.3 is 5.32 Å². The lowest BCUT2D eigenvalue weighted by atomic mass is 9.88. The van der Waals surface area contributed by atoms with Crippen LogP contribution in [0.2, 0.25) is 0 Å². The van der Waals surface area contributed by atoms with Crippen molar-refractivity contribution in [2.75, 3.05) is 5.32 Å². The van der Waals surface area contributed by atoms with Gasteiger partial charge in [-0.1, -0.05) is 31.9 Å². The van der Waals surface area contributed by atoms with Crippen molar-refractivity contribution < 1.29 is 4.79 Å². The van der Waals surface area contributed by atoms with E-state index in [1.807, 2.05) is 31.2 Å². The van der Waals surface area contributed by atoms with Crippen molar-refractivity contribution in [1.82, 2.24) is 0 Å². The van der Waals surface area contributed by atoms with Gasteiger partial charge in [0.15, 0.2) is 0 Å². The lowest BCUT2D eigenvalue weighted by Gasteiger charge is -2.22. The highest BCUT2D eigenvalue weighted by Crippen LogP contribution is 2.38. The quantitative estimate of drug-likeness (QED) is 0.884. The molecule has 1 fully saturated rings. The molecule has 0 aromatic heterocycles. The van der Waals surface area contributed by atoms with E-state index in [4.69, 9.17) is 5.26 Å². The van der Waals surface area contributed by atoms with Crippen LogP contribution in [0.15, 0.2) is 24.3 Å². The zero-order valence-electron chi connectivity index (χ0n) is 10.7. The zero-order valence-corrected chi connectivity index (χ0v) is 10.7. The molecule has 1 saturated carbocycles. The molecule has 0 bridgehead atoms. The summed E-state index contributed by atoms with van der Waals surface area (Å²) in [7, 11) is 0. The van der Waals surface area contributed by atoms with Gasteiger partial charge in [-0.25, -0.2) is 0 Å². The van der Waals surface area contributed by atoms with E-state index in [0.29, 0.717) is 6.42 Å². The Labute approximate surface area is 108 Å². The van der Waals surface area contributed by atoms with Crippen LogP contribution in [0.25, 0.3) is 0 Å². The molecule has 0 saturated heterocycles. The lowest BCUT2D eigenvalue weighted by molar-refractivity contribution is -0.124. The van der Waals surface area contributed by atoms with E-state index >= 15 is 0 Å². The van der Waals surface area contributed by atoms with Gasteiger partial charge in [-0.3, -0.25) is 4.79 Å². The van der Waals surface area contributed by atoms with Gasteiger partial charge in [-0.2, -0.15) is 5.26 Å². The molecular weight excluding hydrogens is 224 g/mol. The van der Waals surface area contributed by atoms with Crippen molar-refractivity contribution in [2.24, 2.45) is 5.41 Å². The molecule has 1 N–H and O–H groups in total. The predicted octanol–water partition coefficient (Wildman–Crippen LogP) is 3.27. The van der Waals surface area contributed by atoms with E-state index in [-0.39, 0.29) is 11.3 Å². The van der Waals surface area contributed by atoms with Crippen LogP contribution in [0.1, 0.15) is 38.2 Å². The van der Waals surface area contributed by atoms with Gasteiger partial charge in [0, 0.05) is 11.1 Å². The van der Waals surface area contributed by atoms with E-state index in [1.54, 1.807) is 0 Å². The average Bonchev–Trinajstić information content (AvgIpc) is 2.80. The van der Waals surface area contributed by atoms with Gasteiger partial charge in [0.2, 0.25) is 5.91 Å². The second-order valence-corrected chi connectivity index (χ2v) is 5.25. The number of carbonyl (C=O) groups is 1. The van der Waals surface area contributed by atoms with Crippen LogP contribution in [0, 0.1) is 16.7 Å². The first kappa shape index (κ1) is 12.6. The fraction of sp³-hybridized carbons (Fsp3) is 0.467. The normalized spacial score (nSPS) is 17.1. The lowest BCUT2D eigenvalue weighted by Crippen LogP contribution is -2.30. The third-order valence-electron chi connectivity index (χ3n) is 3.75. The van der Waals surface area contributed by atoms with Crippen LogP contribution in [0.5, 0.6) is 0 Å². The van der Waals surface area contributed by atoms with Crippen molar-refractivity contribution >= 4 is 11.6 Å². The summed E-state index contributed by atoms with van der Waals surface area (Å²) < 4.78 is 0. The number of hydrogen-bond acceptors (Lipinski definition) is 2. The van der Waals surface area contributed by atoms with Gasteiger partial charge in [0.25, 0.3) is 0 Å². The maximum atomic E-state index is 12.2. The van der Waals surface area contributed by atoms with Crippen molar-refractivity contribution in [1.29, 1.82) is 5.26 Å². The fourth-order valence-electron chi connectivity index (χ4n) is 2.46. The summed E-state index contributed by atoms with van der Waals surface area (Å²) >= 11 is 0. The number of carbonyl (C=O) groups excluding carboxylic acids is 1. The third-order valence-corrected chi connectivity index (χ3v) is 3.75. The highest BCUT2D eigenvalue weighted by Gasteiger charge is 2.36. The molecule has 0 heterocycles. The standard InChI is InChI=1S/C15H18N2O/c1-15(9-2-3-10-15)14(18)17-13-6-4-12(5-7-13)8-11-16/h4-7H,2-3,8-10H2,1H3,(H,17,18). The van der Waals surface area contributed by atoms with Crippen LogP contribution in [0.3, 0.4) is 0 Å². The number of hydrogen-bond donors (Lipinski definition) is 1. The van der Waals surface area contributed by atoms with E-state index in [1.165, 1.54) is 0 Å². The number of benzene rings is 1. The Morgan fingerprint density at radius 1 is 1.33 bits per heavy atom. The van der Waals surface area contributed by atoms with Gasteiger partial charge >= 0.3 is 0 Å². The molecule has 0 unspecified atom stereocenters. The minimum Gasteiger partial charge on any atom is -0.326 e. The Morgan fingerprint density at radius 2 is 1.94 bits per heavy atom. The molecule has 0 spiro atoms. The second-order valence-electron chi connectivity index (χ2n) is 5.25. The second kappa shape index (κ2) is 5.22. The summed E-state index contributed by atoms with van der Waals surface area (Å²) in [4.78, 5) is 12.2. The van der Waals surface area contributed by atoms with E-state index in [9.17, 15) is 4.79 Å². The van der Waals surface area contributed by atoms with Crippen LogP contribution in [0.4, 0.5) is 5.69 Å². The van der Waals surface area contributed by atoms with E-state index in [2.05, 4.69) is 11.4 Å². The maximum absolute atomic E-state index is 12.2. The Bertz CT molecular complexity index is 464. The smallest absolute Gasteiger partial charge is 0.230 e. The third kappa shape index (κ3) is 2.70. The minimum atomic E-state index is -0.203. The molecule has 1 aromatic rings. The summed E-state index contributed by atoms with van der Waals surface area (Å²) in [5.74, 6) is 0.119. The molecule has 1 aromatic carbocycles. The molecule has 94 valence electrons. The Hall–Kier alpha value is -1.82. The van der Waals surface area contributed by atoms with E-state index < -0.39 is 0 Å². The average molecular weight is 242 g/mol. The largest absolute Gasteiger partial charge is 0.326 e. The van der Waals surface area contributed by atoms with Crippen molar-refractivity contribution in [3.8, 4) is 6.07 Å². The summed E-state index contributed by atoms with van der Waals surface area (Å²) in [5.41, 5.74) is 1.59. The first-order valence-electron chi connectivity index (χ1n) is 6.41. The first-order valence-corrected chi connectivity index (χ1v) is 6.41. The predicted molar refractivity (Wildman–Crippen MR) is 71.0 cm³/mol. The SMILES string of the molecule is CC1(C(=O)Nc2ccc(CC#N)cc2)CCCC1. The number of nitriles is 1. The summed E-state index contributed by atoms with van der Waals surface area (Å²) in [6.07, 6.45) is 4.65. The molecule has 0 radical (unpaired) electrons. The van der Waals surface area contributed by atoms with E-state index in [0.717, 1.165) is 36.9 Å². The molecule has 3 nitrogen and oxygen atoms in total. The van der Waals surface area contributed by atoms with Gasteiger partial charge in [-0.15, -0.1) is 0 Å². The molecule has 0 atom stereocenters. The van der Waals surface area contributed by atoms with Crippen LogP contribution >= 0.6 is 0 Å². The molecule has 1 aliphatic rings. The van der Waals surface area contributed by atoms with Gasteiger partial charge in [0.05, 0.1) is 12.5 Å². The summed E-state index contributed by atoms with van der Waals surface area (Å²) in [6.45, 7) is 2.04. The number of nitrogens with one attached hydrogen (secondary N) is 1. The maximum Gasteiger partial charge on any atom is 0.230 e. The highest BCUT2D eigenvalue weighted by molar-refractivity contribution is 5.95. The first-order chi connectivity index (χ1) is 8.64. The molecule has 1 aliphatic carbocycles. The number of anilines is 1. The topological polar surface area (TPSA) is 52.9 Å². The van der Waals surface area contributed by atoms with Crippen molar-refractivity contribution in [3.05, 3.63) is 29.8 Å². The van der Waals surface area contributed by atoms with Crippen LogP contribution in [-0.2, 0) is 11.2 Å².